The molecule has 1 heteroatoms. The third kappa shape index (κ3) is 1.71. The van der Waals surface area contributed by atoms with E-state index in [-0.39, 0.29) is 0 Å². The van der Waals surface area contributed by atoms with E-state index in [2.05, 4.69) is 38.4 Å². The third-order valence-electron chi connectivity index (χ3n) is 1.95. The van der Waals surface area contributed by atoms with Crippen LogP contribution in [0.3, 0.4) is 0 Å². The van der Waals surface area contributed by atoms with E-state index in [1.807, 2.05) is 0 Å². The van der Waals surface area contributed by atoms with Crippen molar-refractivity contribution in [1.82, 2.24) is 0 Å². The summed E-state index contributed by atoms with van der Waals surface area (Å²) in [5.41, 5.74) is 0. The fourth-order valence-corrected chi connectivity index (χ4v) is 1.38. The lowest BCUT2D eigenvalue weighted by molar-refractivity contribution is -0.854. The van der Waals surface area contributed by atoms with E-state index < -0.39 is 0 Å². The fraction of sp³-hybridized carbons (Fsp3) is 0.556. The smallest absolute Gasteiger partial charge is 0.102 e. The normalized spacial score (nSPS) is 31.0. The summed E-state index contributed by atoms with van der Waals surface area (Å²) >= 11 is 0. The molecule has 1 unspecified atom stereocenters. The van der Waals surface area contributed by atoms with Crippen LogP contribution >= 0.6 is 0 Å². The maximum absolute atomic E-state index is 2.27. The average Bonchev–Trinajstić information content (AvgIpc) is 1.89. The summed E-state index contributed by atoms with van der Waals surface area (Å²) in [6, 6.07) is 0. The number of nitrogens with zero attached hydrogens (tertiary/aromatic N) is 1. The molecule has 1 nitrogen and oxygen atoms in total. The summed E-state index contributed by atoms with van der Waals surface area (Å²) < 4.78 is 1.08. The molecule has 0 saturated carbocycles. The van der Waals surface area contributed by atoms with E-state index in [4.69, 9.17) is 0 Å². The van der Waals surface area contributed by atoms with Crippen molar-refractivity contribution >= 4 is 0 Å². The molecule has 1 aliphatic heterocycles. The van der Waals surface area contributed by atoms with E-state index >= 15 is 0 Å². The summed E-state index contributed by atoms with van der Waals surface area (Å²) in [5, 5.41) is 0. The number of quaternary nitrogens is 1. The molecule has 0 spiro atoms. The molecule has 0 radical (unpaired) electrons. The zero-order chi connectivity index (χ0) is 7.45. The van der Waals surface area contributed by atoms with Gasteiger partial charge in [0.2, 0.25) is 0 Å². The van der Waals surface area contributed by atoms with Crippen molar-refractivity contribution in [2.45, 2.75) is 13.3 Å². The van der Waals surface area contributed by atoms with Crippen LogP contribution in [0, 0.1) is 0 Å². The number of allylic oxidation sites excluding steroid dienone is 2. The molecule has 1 aliphatic rings. The molecule has 0 aliphatic carbocycles. The minimum absolute atomic E-state index is 1.08. The van der Waals surface area contributed by atoms with Crippen LogP contribution in [0.5, 0.6) is 0 Å². The first-order valence-corrected chi connectivity index (χ1v) is 3.95. The van der Waals surface area contributed by atoms with Gasteiger partial charge in [0.05, 0.1) is 19.8 Å². The third-order valence-corrected chi connectivity index (χ3v) is 1.95. The van der Waals surface area contributed by atoms with Gasteiger partial charge in [-0.15, -0.1) is 0 Å². The van der Waals surface area contributed by atoms with Crippen LogP contribution in [0.15, 0.2) is 24.4 Å². The number of likely N-dealkylation sites (N-methyl/N-ethyl adjacent to an activating group) is 1. The van der Waals surface area contributed by atoms with E-state index in [1.165, 1.54) is 13.0 Å². The largest absolute Gasteiger partial charge is 0.296 e. The molecular formula is C9H16N+. The minimum Gasteiger partial charge on any atom is -0.296 e. The van der Waals surface area contributed by atoms with Crippen LogP contribution in [0.4, 0.5) is 0 Å². The second-order valence-electron chi connectivity index (χ2n) is 3.16. The zero-order valence-electron chi connectivity index (χ0n) is 6.88. The topological polar surface area (TPSA) is 0 Å². The Morgan fingerprint density at radius 2 is 2.20 bits per heavy atom. The maximum atomic E-state index is 2.27. The molecule has 0 aromatic carbocycles. The van der Waals surface area contributed by atoms with Crippen molar-refractivity contribution in [3.05, 3.63) is 24.4 Å². The van der Waals surface area contributed by atoms with Gasteiger partial charge in [-0.25, -0.2) is 0 Å². The summed E-state index contributed by atoms with van der Waals surface area (Å²) in [6.07, 6.45) is 10.0. The van der Waals surface area contributed by atoms with Gasteiger partial charge in [-0.05, 0) is 18.6 Å². The minimum atomic E-state index is 1.08. The van der Waals surface area contributed by atoms with Crippen molar-refractivity contribution in [2.75, 3.05) is 20.1 Å². The van der Waals surface area contributed by atoms with Gasteiger partial charge in [0, 0.05) is 0 Å². The van der Waals surface area contributed by atoms with Crippen molar-refractivity contribution in [3.63, 3.8) is 0 Å². The van der Waals surface area contributed by atoms with Crippen LogP contribution in [-0.4, -0.2) is 24.6 Å². The van der Waals surface area contributed by atoms with E-state index in [9.17, 15) is 0 Å². The zero-order valence-corrected chi connectivity index (χ0v) is 6.88. The Morgan fingerprint density at radius 3 is 2.70 bits per heavy atom. The Morgan fingerprint density at radius 1 is 1.40 bits per heavy atom. The Kier molecular flexibility index (Phi) is 2.28. The Hall–Kier alpha value is -0.560. The molecule has 1 heterocycles. The lowest BCUT2D eigenvalue weighted by atomic mass is 10.3. The molecule has 1 rings (SSSR count). The Balaban J connectivity index is 2.52. The molecule has 0 bridgehead atoms. The van der Waals surface area contributed by atoms with Gasteiger partial charge in [-0.1, -0.05) is 13.0 Å². The van der Waals surface area contributed by atoms with Crippen molar-refractivity contribution in [3.8, 4) is 0 Å². The summed E-state index contributed by atoms with van der Waals surface area (Å²) in [4.78, 5) is 0. The van der Waals surface area contributed by atoms with Crippen molar-refractivity contribution in [2.24, 2.45) is 0 Å². The van der Waals surface area contributed by atoms with E-state index in [0.29, 0.717) is 0 Å². The van der Waals surface area contributed by atoms with Gasteiger partial charge in [0.1, 0.15) is 6.54 Å². The Bertz CT molecular complexity index is 158. The monoisotopic (exact) mass is 138 g/mol. The fourth-order valence-electron chi connectivity index (χ4n) is 1.38. The highest BCUT2D eigenvalue weighted by Crippen LogP contribution is 2.09. The van der Waals surface area contributed by atoms with Crippen LogP contribution < -0.4 is 0 Å². The molecule has 0 aromatic heterocycles. The van der Waals surface area contributed by atoms with Gasteiger partial charge < -0.3 is 0 Å². The summed E-state index contributed by atoms with van der Waals surface area (Å²) in [5.74, 6) is 0. The van der Waals surface area contributed by atoms with Gasteiger partial charge in [0.15, 0.2) is 0 Å². The van der Waals surface area contributed by atoms with Gasteiger partial charge in [0.25, 0.3) is 0 Å². The average molecular weight is 138 g/mol. The molecule has 1 atom stereocenters. The molecule has 10 heavy (non-hydrogen) atoms. The molecular weight excluding hydrogens is 122 g/mol. The summed E-state index contributed by atoms with van der Waals surface area (Å²) in [6.45, 7) is 4.64. The maximum Gasteiger partial charge on any atom is 0.102 e. The molecule has 0 fully saturated rings. The number of rotatable bonds is 2. The molecule has 0 N–H and O–H groups in total. The second-order valence-corrected chi connectivity index (χ2v) is 3.16. The van der Waals surface area contributed by atoms with Crippen molar-refractivity contribution < 1.29 is 4.48 Å². The predicted molar refractivity (Wildman–Crippen MR) is 44.5 cm³/mol. The molecule has 0 saturated heterocycles. The first-order valence-electron chi connectivity index (χ1n) is 3.95. The highest BCUT2D eigenvalue weighted by Gasteiger charge is 2.15. The number of hydrogen-bond donors (Lipinski definition) is 0. The van der Waals surface area contributed by atoms with Gasteiger partial charge in [-0.2, -0.15) is 0 Å². The predicted octanol–water partition coefficient (Wildman–Crippen LogP) is 1.93. The molecule has 0 amide bonds. The summed E-state index contributed by atoms with van der Waals surface area (Å²) in [7, 11) is 2.27. The van der Waals surface area contributed by atoms with E-state index in [0.717, 1.165) is 11.0 Å². The van der Waals surface area contributed by atoms with E-state index in [1.54, 1.807) is 0 Å². The van der Waals surface area contributed by atoms with Crippen LogP contribution in [0.25, 0.3) is 0 Å². The van der Waals surface area contributed by atoms with Crippen LogP contribution in [0.1, 0.15) is 13.3 Å². The lowest BCUT2D eigenvalue weighted by Crippen LogP contribution is -2.39. The van der Waals surface area contributed by atoms with Crippen LogP contribution in [0.2, 0.25) is 0 Å². The van der Waals surface area contributed by atoms with Crippen molar-refractivity contribution in [1.29, 1.82) is 0 Å². The lowest BCUT2D eigenvalue weighted by Gasteiger charge is -2.29. The van der Waals surface area contributed by atoms with Gasteiger partial charge in [-0.3, -0.25) is 4.48 Å². The molecule has 56 valence electrons. The Labute approximate surface area is 63.2 Å². The van der Waals surface area contributed by atoms with Gasteiger partial charge >= 0.3 is 0 Å². The SMILES string of the molecule is CCC[N+]1(C)C=CC=CC1. The molecule has 0 aromatic rings. The number of hydrogen-bond acceptors (Lipinski definition) is 0. The first-order chi connectivity index (χ1) is 4.77. The standard InChI is InChI=1S/C9H16N/c1-3-7-10(2)8-5-4-6-9-10/h4-6,8H,3,7,9H2,1-2H3/q+1. The highest BCUT2D eigenvalue weighted by molar-refractivity contribution is 5.03. The second kappa shape index (κ2) is 3.02. The quantitative estimate of drug-likeness (QED) is 0.511. The first kappa shape index (κ1) is 7.55. The van der Waals surface area contributed by atoms with Crippen LogP contribution in [-0.2, 0) is 0 Å². The highest BCUT2D eigenvalue weighted by atomic mass is 15.3.